The Kier molecular flexibility index (Phi) is 5.29. The number of fused-ring (bicyclic) bond motifs is 6. The lowest BCUT2D eigenvalue weighted by atomic mass is 9.35. The van der Waals surface area contributed by atoms with Crippen molar-refractivity contribution in [2.24, 2.45) is 10.8 Å². The van der Waals surface area contributed by atoms with Crippen molar-refractivity contribution in [2.75, 3.05) is 25.3 Å². The van der Waals surface area contributed by atoms with Crippen LogP contribution in [0.1, 0.15) is 74.8 Å². The number of hydrogen-bond acceptors (Lipinski definition) is 6. The fourth-order valence-corrected chi connectivity index (χ4v) is 7.49. The molecule has 0 unspecified atom stereocenters. The summed E-state index contributed by atoms with van der Waals surface area (Å²) in [5.41, 5.74) is 1.86. The molecule has 2 aromatic rings. The van der Waals surface area contributed by atoms with Gasteiger partial charge in [0.25, 0.3) is 0 Å². The average molecular weight is 515 g/mol. The molecule has 9 heteroatoms. The molecule has 2 aliphatic heterocycles. The quantitative estimate of drug-likeness (QED) is 0.458. The first-order chi connectivity index (χ1) is 17.5. The van der Waals surface area contributed by atoms with Crippen LogP contribution in [0.25, 0.3) is 11.3 Å². The number of methoxy groups -OCH3 is 1. The van der Waals surface area contributed by atoms with Gasteiger partial charge in [-0.3, -0.25) is 19.3 Å². The summed E-state index contributed by atoms with van der Waals surface area (Å²) in [6, 6.07) is 4.73. The highest BCUT2D eigenvalue weighted by atomic mass is 19.3. The van der Waals surface area contributed by atoms with Crippen LogP contribution in [0.15, 0.2) is 29.2 Å². The van der Waals surface area contributed by atoms with E-state index in [0.29, 0.717) is 23.6 Å². The summed E-state index contributed by atoms with van der Waals surface area (Å²) in [5.74, 6) is -0.0660. The fraction of sp³-hybridized carbons (Fsp3) is 0.571. The molecule has 1 saturated heterocycles. The van der Waals surface area contributed by atoms with Crippen molar-refractivity contribution >= 4 is 5.78 Å². The van der Waals surface area contributed by atoms with Crippen LogP contribution in [-0.2, 0) is 4.74 Å². The minimum Gasteiger partial charge on any atom is -0.489 e. The van der Waals surface area contributed by atoms with E-state index in [1.54, 1.807) is 19.4 Å². The minimum absolute atomic E-state index is 0.0488. The number of rotatable bonds is 8. The van der Waals surface area contributed by atoms with Crippen molar-refractivity contribution in [1.29, 1.82) is 0 Å². The number of alkyl halides is 2. The van der Waals surface area contributed by atoms with Crippen LogP contribution in [0, 0.1) is 10.8 Å². The van der Waals surface area contributed by atoms with Gasteiger partial charge in [-0.1, -0.05) is 0 Å². The molecule has 0 spiro atoms. The molecular formula is C28H32F2N2O5. The molecule has 2 bridgehead atoms. The zero-order chi connectivity index (χ0) is 26.3. The van der Waals surface area contributed by atoms with Crippen molar-refractivity contribution in [1.82, 2.24) is 4.68 Å². The number of aromatic nitrogens is 1. The lowest BCUT2D eigenvalue weighted by Gasteiger charge is -2.70. The Morgan fingerprint density at radius 3 is 2.46 bits per heavy atom. The maximum absolute atomic E-state index is 13.5. The maximum Gasteiger partial charge on any atom is 0.387 e. The van der Waals surface area contributed by atoms with Crippen molar-refractivity contribution in [2.45, 2.75) is 71.1 Å². The SMILES string of the molecule is COCC12CC(COc3cc4c(cc3OC(F)F)-c3cc(=O)c(C(C)=O)cn3N3[C@@H]4CCC3(C)C)(C1)C2. The molecule has 3 aliphatic carbocycles. The van der Waals surface area contributed by atoms with Gasteiger partial charge < -0.3 is 14.2 Å². The fourth-order valence-electron chi connectivity index (χ4n) is 7.49. The first-order valence-corrected chi connectivity index (χ1v) is 12.8. The highest BCUT2D eigenvalue weighted by Gasteiger charge is 2.67. The Labute approximate surface area is 214 Å². The predicted octanol–water partition coefficient (Wildman–Crippen LogP) is 5.08. The molecule has 0 N–H and O–H groups in total. The molecule has 1 atom stereocenters. The lowest BCUT2D eigenvalue weighted by molar-refractivity contribution is -0.239. The normalized spacial score (nSPS) is 28.1. The van der Waals surface area contributed by atoms with Gasteiger partial charge >= 0.3 is 6.61 Å². The van der Waals surface area contributed by atoms with Gasteiger partial charge in [0.2, 0.25) is 0 Å². The van der Waals surface area contributed by atoms with Gasteiger partial charge in [0.05, 0.1) is 36.1 Å². The third-order valence-corrected chi connectivity index (χ3v) is 8.79. The predicted molar refractivity (Wildman–Crippen MR) is 133 cm³/mol. The first-order valence-electron chi connectivity index (χ1n) is 12.8. The first kappa shape index (κ1) is 24.4. The van der Waals surface area contributed by atoms with Gasteiger partial charge in [-0.15, -0.1) is 0 Å². The Balaban J connectivity index is 1.42. The summed E-state index contributed by atoms with van der Waals surface area (Å²) < 4.78 is 45.2. The van der Waals surface area contributed by atoms with Gasteiger partial charge in [0.15, 0.2) is 22.7 Å². The monoisotopic (exact) mass is 514 g/mol. The summed E-state index contributed by atoms with van der Waals surface area (Å²) in [7, 11) is 1.71. The second kappa shape index (κ2) is 8.03. The molecule has 37 heavy (non-hydrogen) atoms. The summed E-state index contributed by atoms with van der Waals surface area (Å²) in [5, 5.41) is 2.18. The van der Waals surface area contributed by atoms with Crippen molar-refractivity contribution in [3.63, 3.8) is 0 Å². The molecule has 3 saturated carbocycles. The molecule has 3 heterocycles. The van der Waals surface area contributed by atoms with Crippen LogP contribution < -0.4 is 19.9 Å². The molecule has 1 aromatic carbocycles. The molecule has 7 rings (SSSR count). The second-order valence-corrected chi connectivity index (χ2v) is 12.1. The van der Waals surface area contributed by atoms with E-state index in [1.807, 2.05) is 10.7 Å². The van der Waals surface area contributed by atoms with Crippen LogP contribution >= 0.6 is 0 Å². The maximum atomic E-state index is 13.5. The van der Waals surface area contributed by atoms with E-state index >= 15 is 0 Å². The standard InChI is InChI=1S/C28H32F2N2O5/c1-16(33)19-10-31-21(9-22(19)34)18-8-24(37-25(29)30)23(7-17(18)20-5-6-26(2,3)32(20)31)36-15-28-11-27(12-28,13-28)14-35-4/h7-10,20,25H,5-6,11-15H2,1-4H3/t20-,27?,28?/m1/s1. The Morgan fingerprint density at radius 2 is 1.81 bits per heavy atom. The van der Waals surface area contributed by atoms with Crippen LogP contribution in [0.5, 0.6) is 11.5 Å². The summed E-state index contributed by atoms with van der Waals surface area (Å²) >= 11 is 0. The summed E-state index contributed by atoms with van der Waals surface area (Å²) in [6.07, 6.45) is 6.35. The van der Waals surface area contributed by atoms with Crippen molar-refractivity contribution in [3.8, 4) is 22.8 Å². The van der Waals surface area contributed by atoms with Gasteiger partial charge in [-0.25, -0.2) is 0 Å². The third kappa shape index (κ3) is 3.68. The Hall–Kier alpha value is -2.94. The molecule has 0 radical (unpaired) electrons. The average Bonchev–Trinajstić information content (AvgIpc) is 3.09. The molecule has 198 valence electrons. The zero-order valence-corrected chi connectivity index (χ0v) is 21.6. The summed E-state index contributed by atoms with van der Waals surface area (Å²) in [6.45, 7) is 3.77. The zero-order valence-electron chi connectivity index (χ0n) is 21.6. The van der Waals surface area contributed by atoms with Gasteiger partial charge in [-0.2, -0.15) is 8.78 Å². The van der Waals surface area contributed by atoms with E-state index in [0.717, 1.165) is 44.3 Å². The number of pyridine rings is 1. The van der Waals surface area contributed by atoms with E-state index < -0.39 is 12.0 Å². The number of hydrogen-bond donors (Lipinski definition) is 0. The van der Waals surface area contributed by atoms with Crippen LogP contribution in [0.3, 0.4) is 0 Å². The van der Waals surface area contributed by atoms with E-state index in [2.05, 4.69) is 18.9 Å². The smallest absolute Gasteiger partial charge is 0.387 e. The third-order valence-electron chi connectivity index (χ3n) is 8.79. The van der Waals surface area contributed by atoms with Crippen LogP contribution in [0.4, 0.5) is 8.78 Å². The van der Waals surface area contributed by atoms with Gasteiger partial charge in [-0.05, 0) is 76.0 Å². The van der Waals surface area contributed by atoms with E-state index in [4.69, 9.17) is 14.2 Å². The minimum atomic E-state index is -3.02. The topological polar surface area (TPSA) is 70.0 Å². The number of ketones is 1. The van der Waals surface area contributed by atoms with Crippen LogP contribution in [0.2, 0.25) is 0 Å². The number of halogens is 2. The second-order valence-electron chi connectivity index (χ2n) is 12.1. The Bertz CT molecular complexity index is 1330. The molecule has 4 fully saturated rings. The number of ether oxygens (including phenoxy) is 3. The van der Waals surface area contributed by atoms with Gasteiger partial charge in [0.1, 0.15) is 0 Å². The summed E-state index contributed by atoms with van der Waals surface area (Å²) in [4.78, 5) is 25.0. The number of benzene rings is 1. The Morgan fingerprint density at radius 1 is 1.11 bits per heavy atom. The van der Waals surface area contributed by atoms with E-state index in [9.17, 15) is 18.4 Å². The number of carbonyl (C=O) groups is 1. The highest BCUT2D eigenvalue weighted by molar-refractivity contribution is 5.94. The molecule has 1 aromatic heterocycles. The number of Topliss-reactive ketones (excluding diaryl/α,β-unsaturated/α-hetero) is 1. The van der Waals surface area contributed by atoms with E-state index in [1.165, 1.54) is 13.0 Å². The lowest BCUT2D eigenvalue weighted by Crippen LogP contribution is -2.65. The molecular weight excluding hydrogens is 482 g/mol. The number of nitrogens with zero attached hydrogens (tertiary/aromatic N) is 2. The van der Waals surface area contributed by atoms with E-state index in [-0.39, 0.29) is 39.5 Å². The van der Waals surface area contributed by atoms with Gasteiger partial charge in [0, 0.05) is 30.4 Å². The molecule has 0 amide bonds. The van der Waals surface area contributed by atoms with Crippen molar-refractivity contribution < 1.29 is 27.8 Å². The largest absolute Gasteiger partial charge is 0.489 e. The number of carbonyl (C=O) groups excluding carboxylic acids is 1. The highest BCUT2D eigenvalue weighted by Crippen LogP contribution is 2.73. The van der Waals surface area contributed by atoms with Crippen molar-refractivity contribution in [3.05, 3.63) is 45.7 Å². The molecule has 5 aliphatic rings. The van der Waals surface area contributed by atoms with Crippen LogP contribution in [-0.4, -0.2) is 42.9 Å². The molecule has 7 nitrogen and oxygen atoms in total.